The topological polar surface area (TPSA) is 0 Å². The summed E-state index contributed by atoms with van der Waals surface area (Å²) in [7, 11) is 0. The second kappa shape index (κ2) is 1.62. The molecule has 0 fully saturated rings. The Morgan fingerprint density at radius 2 is 2.60 bits per heavy atom. The Balaban J connectivity index is 2.61. The van der Waals surface area contributed by atoms with Gasteiger partial charge in [0.1, 0.15) is 0 Å². The first kappa shape index (κ1) is 3.42. The molecule has 0 nitrogen and oxygen atoms in total. The Bertz CT molecular complexity index is 61.7. The van der Waals surface area contributed by atoms with Crippen LogP contribution in [0.25, 0.3) is 0 Å². The standard InChI is InChI=1S/C4H5.Ru/c1-3-4-2;/h1,3-4H,2H2;. The molecule has 29 valence electrons. The van der Waals surface area contributed by atoms with Crippen molar-refractivity contribution in [3.63, 3.8) is 0 Å². The van der Waals surface area contributed by atoms with Gasteiger partial charge in [-0.05, 0) is 0 Å². The average molecular weight is 154 g/mol. The van der Waals surface area contributed by atoms with E-state index >= 15 is 0 Å². The number of hydrogen-bond donors (Lipinski definition) is 0. The Morgan fingerprint density at radius 1 is 1.60 bits per heavy atom. The van der Waals surface area contributed by atoms with Crippen LogP contribution >= 0.6 is 0 Å². The molecule has 0 N–H and O–H groups in total. The van der Waals surface area contributed by atoms with Gasteiger partial charge in [0, 0.05) is 0 Å². The van der Waals surface area contributed by atoms with Crippen LogP contribution in [0.5, 0.6) is 0 Å². The van der Waals surface area contributed by atoms with Crippen molar-refractivity contribution < 1.29 is 16.7 Å². The third-order valence-electron chi connectivity index (χ3n) is 0.454. The van der Waals surface area contributed by atoms with Gasteiger partial charge >= 0.3 is 38.5 Å². The van der Waals surface area contributed by atoms with E-state index in [0.29, 0.717) is 16.7 Å². The molecule has 5 heavy (non-hydrogen) atoms. The van der Waals surface area contributed by atoms with Crippen LogP contribution in [0.1, 0.15) is 0 Å². The van der Waals surface area contributed by atoms with Gasteiger partial charge in [-0.15, -0.1) is 0 Å². The van der Waals surface area contributed by atoms with Crippen LogP contribution in [0, 0.1) is 0 Å². The number of allylic oxidation sites excluding steroid dienone is 2. The van der Waals surface area contributed by atoms with Crippen LogP contribution in [0.4, 0.5) is 0 Å². The zero-order valence-corrected chi connectivity index (χ0v) is 4.53. The molecule has 0 bridgehead atoms. The van der Waals surface area contributed by atoms with Crippen molar-refractivity contribution in [3.05, 3.63) is 12.2 Å². The zero-order valence-electron chi connectivity index (χ0n) is 2.79. The Hall–Kier alpha value is 0.233. The molecule has 0 atom stereocenters. The van der Waals surface area contributed by atoms with Crippen molar-refractivity contribution in [3.8, 4) is 0 Å². The first-order chi connectivity index (χ1) is 2.50. The van der Waals surface area contributed by atoms with E-state index in [2.05, 4.69) is 16.8 Å². The van der Waals surface area contributed by atoms with E-state index in [-0.39, 0.29) is 0 Å². The Kier molecular flexibility index (Phi) is 1.11. The number of rotatable bonds is 0. The van der Waals surface area contributed by atoms with Crippen molar-refractivity contribution in [1.29, 1.82) is 0 Å². The average Bonchev–Trinajstić information content (AvgIpc) is 1.76. The summed E-state index contributed by atoms with van der Waals surface area (Å²) in [6, 6.07) is 0. The summed E-state index contributed by atoms with van der Waals surface area (Å²) in [5.41, 5.74) is 0. The van der Waals surface area contributed by atoms with Crippen molar-refractivity contribution in [2.75, 3.05) is 0 Å². The molecule has 1 heteroatoms. The van der Waals surface area contributed by atoms with E-state index < -0.39 is 0 Å². The predicted octanol–water partition coefficient (Wildman–Crippen LogP) is 0.859. The van der Waals surface area contributed by atoms with E-state index in [1.807, 2.05) is 0 Å². The van der Waals surface area contributed by atoms with Crippen LogP contribution in [0.2, 0.25) is 5.02 Å². The van der Waals surface area contributed by atoms with Crippen LogP contribution in [0.3, 0.4) is 0 Å². The van der Waals surface area contributed by atoms with Crippen molar-refractivity contribution >= 4 is 4.61 Å². The molecular weight excluding hydrogens is 149 g/mol. The molecule has 0 aliphatic carbocycles. The second-order valence-corrected chi connectivity index (χ2v) is 2.83. The van der Waals surface area contributed by atoms with Gasteiger partial charge < -0.3 is 0 Å². The van der Waals surface area contributed by atoms with Gasteiger partial charge in [-0.2, -0.15) is 0 Å². The van der Waals surface area contributed by atoms with Gasteiger partial charge in [-0.25, -0.2) is 0 Å². The number of hydrogen-bond acceptors (Lipinski definition) is 0. The van der Waals surface area contributed by atoms with E-state index in [1.54, 1.807) is 0 Å². The summed E-state index contributed by atoms with van der Waals surface area (Å²) in [6.07, 6.45) is 4.37. The SMILES string of the molecule is C1=C[CH2][Ru]=[CH]1. The Labute approximate surface area is 39.0 Å². The van der Waals surface area contributed by atoms with Gasteiger partial charge in [0.05, 0.1) is 0 Å². The first-order valence-corrected chi connectivity index (χ1v) is 3.76. The molecule has 0 amide bonds. The molecule has 0 aromatic carbocycles. The molecule has 0 saturated carbocycles. The van der Waals surface area contributed by atoms with E-state index in [0.717, 1.165) is 0 Å². The molecule has 1 heterocycles. The van der Waals surface area contributed by atoms with E-state index in [1.165, 1.54) is 5.02 Å². The monoisotopic (exact) mass is 155 g/mol. The molecule has 1 rings (SSSR count). The van der Waals surface area contributed by atoms with Crippen LogP contribution in [-0.4, -0.2) is 4.61 Å². The van der Waals surface area contributed by atoms with Crippen molar-refractivity contribution in [2.45, 2.75) is 5.02 Å². The van der Waals surface area contributed by atoms with Crippen molar-refractivity contribution in [1.82, 2.24) is 0 Å². The van der Waals surface area contributed by atoms with Gasteiger partial charge in [0.25, 0.3) is 0 Å². The zero-order chi connectivity index (χ0) is 3.54. The van der Waals surface area contributed by atoms with Gasteiger partial charge in [-0.1, -0.05) is 0 Å². The minimum absolute atomic E-state index is 0.644. The molecule has 0 saturated heterocycles. The van der Waals surface area contributed by atoms with Gasteiger partial charge in [0.15, 0.2) is 0 Å². The maximum absolute atomic E-state index is 2.27. The van der Waals surface area contributed by atoms with Gasteiger partial charge in [0.2, 0.25) is 0 Å². The van der Waals surface area contributed by atoms with Crippen LogP contribution < -0.4 is 0 Å². The first-order valence-electron chi connectivity index (χ1n) is 1.53. The summed E-state index contributed by atoms with van der Waals surface area (Å²) in [4.78, 5) is 0. The molecule has 0 radical (unpaired) electrons. The summed E-state index contributed by atoms with van der Waals surface area (Å²) in [5.74, 6) is 0. The van der Waals surface area contributed by atoms with E-state index in [9.17, 15) is 0 Å². The fraction of sp³-hybridized carbons (Fsp3) is 0.250. The fourth-order valence-corrected chi connectivity index (χ4v) is 1.42. The van der Waals surface area contributed by atoms with Gasteiger partial charge in [-0.3, -0.25) is 0 Å². The summed E-state index contributed by atoms with van der Waals surface area (Å²) in [5, 5.41) is 1.35. The van der Waals surface area contributed by atoms with E-state index in [4.69, 9.17) is 0 Å². The molecule has 0 aromatic heterocycles. The van der Waals surface area contributed by atoms with Crippen molar-refractivity contribution in [2.24, 2.45) is 0 Å². The quantitative estimate of drug-likeness (QED) is 0.454. The minimum atomic E-state index is 0.644. The fourth-order valence-electron chi connectivity index (χ4n) is 0.241. The molecular formula is C4H5Ru. The van der Waals surface area contributed by atoms with Crippen LogP contribution in [0.15, 0.2) is 12.2 Å². The molecule has 0 aromatic rings. The third-order valence-corrected chi connectivity index (χ3v) is 2.02. The molecule has 0 unspecified atom stereocenters. The Morgan fingerprint density at radius 3 is 2.80 bits per heavy atom. The second-order valence-electron chi connectivity index (χ2n) is 0.835. The summed E-state index contributed by atoms with van der Waals surface area (Å²) in [6.45, 7) is 0. The van der Waals surface area contributed by atoms with Crippen LogP contribution in [-0.2, 0) is 16.7 Å². The molecule has 0 spiro atoms. The maximum atomic E-state index is 2.27. The normalized spacial score (nSPS) is 19.2. The summed E-state index contributed by atoms with van der Waals surface area (Å²) < 4.78 is 2.27. The summed E-state index contributed by atoms with van der Waals surface area (Å²) >= 11 is 0.644. The molecule has 1 aliphatic rings. The third kappa shape index (κ3) is 0.771. The predicted molar refractivity (Wildman–Crippen MR) is 20.0 cm³/mol. The molecule has 1 aliphatic heterocycles.